The summed E-state index contributed by atoms with van der Waals surface area (Å²) in [7, 11) is 0. The minimum absolute atomic E-state index is 0.00951. The summed E-state index contributed by atoms with van der Waals surface area (Å²) < 4.78 is 6.42. The molecule has 134 valence electrons. The van der Waals surface area contributed by atoms with E-state index >= 15 is 0 Å². The molecular formula is C19H12BrN3O3S. The van der Waals surface area contributed by atoms with Crippen LogP contribution in [-0.2, 0) is 16.2 Å². The first kappa shape index (κ1) is 18.8. The highest BCUT2D eigenvalue weighted by atomic mass is 79.9. The van der Waals surface area contributed by atoms with Gasteiger partial charge in [-0.1, -0.05) is 24.3 Å². The molecule has 1 saturated heterocycles. The molecule has 1 heterocycles. The Morgan fingerprint density at radius 3 is 2.52 bits per heavy atom. The minimum Gasteiger partial charge on any atom is -0.488 e. The molecule has 3 rings (SSSR count). The Bertz CT molecular complexity index is 1010. The maximum atomic E-state index is 11.9. The number of ether oxygens (including phenoxy) is 1. The van der Waals surface area contributed by atoms with Crippen molar-refractivity contribution in [3.63, 3.8) is 0 Å². The number of carbonyl (C=O) groups is 2. The second kappa shape index (κ2) is 8.12. The average molecular weight is 442 g/mol. The third kappa shape index (κ3) is 4.39. The number of hydrogen-bond donors (Lipinski definition) is 2. The van der Waals surface area contributed by atoms with Gasteiger partial charge in [-0.15, -0.1) is 0 Å². The zero-order valence-corrected chi connectivity index (χ0v) is 16.2. The van der Waals surface area contributed by atoms with Crippen molar-refractivity contribution in [3.8, 4) is 11.8 Å². The van der Waals surface area contributed by atoms with E-state index in [4.69, 9.17) is 22.2 Å². The second-order valence-corrected chi connectivity index (χ2v) is 6.81. The SMILES string of the molecule is N#Cc1ccccc1COc1ccc(C=C2C(=O)NC(=S)NC2=O)cc1Br. The van der Waals surface area contributed by atoms with Crippen LogP contribution in [0.15, 0.2) is 52.5 Å². The summed E-state index contributed by atoms with van der Waals surface area (Å²) in [5.41, 5.74) is 1.94. The number of hydrogen-bond acceptors (Lipinski definition) is 5. The summed E-state index contributed by atoms with van der Waals surface area (Å²) in [5.74, 6) is -0.523. The number of amides is 2. The lowest BCUT2D eigenvalue weighted by Gasteiger charge is -2.16. The molecule has 0 atom stereocenters. The van der Waals surface area contributed by atoms with Gasteiger partial charge in [-0.3, -0.25) is 20.2 Å². The van der Waals surface area contributed by atoms with Crippen LogP contribution in [0.25, 0.3) is 6.08 Å². The van der Waals surface area contributed by atoms with Crippen LogP contribution in [0.3, 0.4) is 0 Å². The maximum absolute atomic E-state index is 11.9. The van der Waals surface area contributed by atoms with Gasteiger partial charge in [0.15, 0.2) is 5.11 Å². The standard InChI is InChI=1S/C19H12BrN3O3S/c20-15-8-11(7-14-17(24)22-19(27)23-18(14)25)5-6-16(15)26-10-13-4-2-1-3-12(13)9-21/h1-8H,10H2,(H2,22,23,24,25,27). The highest BCUT2D eigenvalue weighted by Crippen LogP contribution is 2.28. The molecule has 0 aromatic heterocycles. The maximum Gasteiger partial charge on any atom is 0.263 e. The molecule has 0 saturated carbocycles. The number of nitrogens with one attached hydrogen (secondary N) is 2. The van der Waals surface area contributed by atoms with Crippen molar-refractivity contribution < 1.29 is 14.3 Å². The van der Waals surface area contributed by atoms with Gasteiger partial charge >= 0.3 is 0 Å². The molecule has 2 amide bonds. The van der Waals surface area contributed by atoms with Crippen LogP contribution in [0.4, 0.5) is 0 Å². The number of nitriles is 1. The lowest BCUT2D eigenvalue weighted by Crippen LogP contribution is -2.51. The van der Waals surface area contributed by atoms with E-state index in [1.807, 2.05) is 12.1 Å². The van der Waals surface area contributed by atoms with Gasteiger partial charge in [0.05, 0.1) is 16.1 Å². The fraction of sp³-hybridized carbons (Fsp3) is 0.0526. The first-order valence-corrected chi connectivity index (χ1v) is 8.97. The molecule has 1 aliphatic heterocycles. The Morgan fingerprint density at radius 2 is 1.85 bits per heavy atom. The Kier molecular flexibility index (Phi) is 5.64. The van der Waals surface area contributed by atoms with Crippen LogP contribution >= 0.6 is 28.1 Å². The van der Waals surface area contributed by atoms with E-state index < -0.39 is 11.8 Å². The van der Waals surface area contributed by atoms with Crippen molar-refractivity contribution in [1.29, 1.82) is 5.26 Å². The zero-order chi connectivity index (χ0) is 19.4. The Labute approximate surface area is 169 Å². The molecule has 6 nitrogen and oxygen atoms in total. The molecule has 8 heteroatoms. The van der Waals surface area contributed by atoms with Crippen molar-refractivity contribution >= 4 is 51.2 Å². The van der Waals surface area contributed by atoms with Crippen molar-refractivity contribution in [2.75, 3.05) is 0 Å². The van der Waals surface area contributed by atoms with Crippen LogP contribution < -0.4 is 15.4 Å². The van der Waals surface area contributed by atoms with Gasteiger partial charge in [0.25, 0.3) is 11.8 Å². The van der Waals surface area contributed by atoms with Gasteiger partial charge < -0.3 is 4.74 Å². The van der Waals surface area contributed by atoms with Crippen molar-refractivity contribution in [3.05, 3.63) is 69.2 Å². The van der Waals surface area contributed by atoms with Gasteiger partial charge in [-0.2, -0.15) is 5.26 Å². The third-order valence-electron chi connectivity index (χ3n) is 3.73. The molecule has 1 fully saturated rings. The molecule has 0 bridgehead atoms. The minimum atomic E-state index is -0.548. The van der Waals surface area contributed by atoms with Crippen LogP contribution in [-0.4, -0.2) is 16.9 Å². The molecule has 27 heavy (non-hydrogen) atoms. The van der Waals surface area contributed by atoms with Crippen molar-refractivity contribution in [1.82, 2.24) is 10.6 Å². The quantitative estimate of drug-likeness (QED) is 0.432. The van der Waals surface area contributed by atoms with Gasteiger partial charge in [-0.05, 0) is 58.0 Å². The monoisotopic (exact) mass is 441 g/mol. The van der Waals surface area contributed by atoms with E-state index in [1.165, 1.54) is 6.08 Å². The van der Waals surface area contributed by atoms with Crippen molar-refractivity contribution in [2.24, 2.45) is 0 Å². The third-order valence-corrected chi connectivity index (χ3v) is 4.56. The van der Waals surface area contributed by atoms with Crippen LogP contribution in [0.2, 0.25) is 0 Å². The molecule has 1 aliphatic rings. The van der Waals surface area contributed by atoms with Crippen LogP contribution in [0.5, 0.6) is 5.75 Å². The van der Waals surface area contributed by atoms with Gasteiger partial charge in [-0.25, -0.2) is 0 Å². The molecule has 0 radical (unpaired) electrons. The Balaban J connectivity index is 1.77. The first-order chi connectivity index (χ1) is 13.0. The predicted octanol–water partition coefficient (Wildman–Crippen LogP) is 2.81. The van der Waals surface area contributed by atoms with Gasteiger partial charge in [0, 0.05) is 5.56 Å². The molecule has 0 unspecified atom stereocenters. The second-order valence-electron chi connectivity index (χ2n) is 5.54. The fourth-order valence-corrected chi connectivity index (χ4v) is 3.10. The molecule has 0 spiro atoms. The molecule has 2 N–H and O–H groups in total. The summed E-state index contributed by atoms with van der Waals surface area (Å²) >= 11 is 8.19. The zero-order valence-electron chi connectivity index (χ0n) is 13.8. The normalized spacial score (nSPS) is 13.5. The topological polar surface area (TPSA) is 91.2 Å². The summed E-state index contributed by atoms with van der Waals surface area (Å²) in [4.78, 5) is 23.8. The number of rotatable bonds is 4. The van der Waals surface area contributed by atoms with E-state index in [-0.39, 0.29) is 17.3 Å². The lowest BCUT2D eigenvalue weighted by molar-refractivity contribution is -0.123. The number of carbonyl (C=O) groups excluding carboxylic acids is 2. The summed E-state index contributed by atoms with van der Waals surface area (Å²) in [6.07, 6.45) is 1.46. The largest absolute Gasteiger partial charge is 0.488 e. The van der Waals surface area contributed by atoms with Gasteiger partial charge in [0.2, 0.25) is 0 Å². The number of thiocarbonyl (C=S) groups is 1. The smallest absolute Gasteiger partial charge is 0.263 e. The highest BCUT2D eigenvalue weighted by molar-refractivity contribution is 9.10. The molecule has 2 aromatic carbocycles. The van der Waals surface area contributed by atoms with E-state index in [1.54, 1.807) is 30.3 Å². The summed E-state index contributed by atoms with van der Waals surface area (Å²) in [5, 5.41) is 13.9. The molecule has 0 aliphatic carbocycles. The van der Waals surface area contributed by atoms with E-state index in [2.05, 4.69) is 32.6 Å². The Morgan fingerprint density at radius 1 is 1.15 bits per heavy atom. The number of nitrogens with zero attached hydrogens (tertiary/aromatic N) is 1. The predicted molar refractivity (Wildman–Crippen MR) is 106 cm³/mol. The number of halogens is 1. The summed E-state index contributed by atoms with van der Waals surface area (Å²) in [6, 6.07) is 14.5. The molecular weight excluding hydrogens is 430 g/mol. The van der Waals surface area contributed by atoms with Crippen LogP contribution in [0, 0.1) is 11.3 Å². The van der Waals surface area contributed by atoms with Gasteiger partial charge in [0.1, 0.15) is 17.9 Å². The highest BCUT2D eigenvalue weighted by Gasteiger charge is 2.25. The summed E-state index contributed by atoms with van der Waals surface area (Å²) in [6.45, 7) is 0.241. The van der Waals surface area contributed by atoms with Crippen molar-refractivity contribution in [2.45, 2.75) is 6.61 Å². The van der Waals surface area contributed by atoms with E-state index in [0.717, 1.165) is 5.56 Å². The van der Waals surface area contributed by atoms with E-state index in [9.17, 15) is 9.59 Å². The fourth-order valence-electron chi connectivity index (χ4n) is 2.41. The average Bonchev–Trinajstić information content (AvgIpc) is 2.64. The first-order valence-electron chi connectivity index (χ1n) is 7.76. The number of benzene rings is 2. The molecule has 2 aromatic rings. The van der Waals surface area contributed by atoms with E-state index in [0.29, 0.717) is 21.3 Å². The van der Waals surface area contributed by atoms with Crippen LogP contribution in [0.1, 0.15) is 16.7 Å². The Hall–Kier alpha value is -3.02. The lowest BCUT2D eigenvalue weighted by atomic mass is 10.1.